The Kier molecular flexibility index (Phi) is 6.16. The molecule has 0 aliphatic carbocycles. The molecule has 2 N–H and O–H groups in total. The van der Waals surface area contributed by atoms with Gasteiger partial charge in [0.25, 0.3) is 11.7 Å². The lowest BCUT2D eigenvalue weighted by atomic mass is 10.0. The smallest absolute Gasteiger partial charge is 0.326 e. The first-order chi connectivity index (χ1) is 12.3. The molecule has 0 spiro atoms. The van der Waals surface area contributed by atoms with Gasteiger partial charge >= 0.3 is 5.97 Å². The van der Waals surface area contributed by atoms with Gasteiger partial charge in [-0.2, -0.15) is 0 Å². The fraction of sp³-hybridized carbons (Fsp3) is 0.263. The van der Waals surface area contributed by atoms with E-state index in [-0.39, 0.29) is 17.9 Å². The molecule has 7 heteroatoms. The second-order valence-electron chi connectivity index (χ2n) is 6.29. The van der Waals surface area contributed by atoms with Gasteiger partial charge < -0.3 is 10.4 Å². The summed E-state index contributed by atoms with van der Waals surface area (Å²) in [4.78, 5) is 39.6. The first-order valence-electron chi connectivity index (χ1n) is 8.07. The standard InChI is InChI=1S/C19H19FN2O4/c1-11(2)7-16(19(25)26)22-18(24)17(23)14-8-13(9-21-10-14)12-3-5-15(20)6-4-12/h3-6,8-11,16H,7H2,1-2H3,(H,22,24)(H,25,26)/t16-/m0/s1. The molecule has 0 aliphatic heterocycles. The number of halogens is 1. The van der Waals surface area contributed by atoms with Crippen LogP contribution in [-0.4, -0.2) is 33.8 Å². The SMILES string of the molecule is CC(C)C[C@H](NC(=O)C(=O)c1cncc(-c2ccc(F)cc2)c1)C(=O)O. The molecular weight excluding hydrogens is 339 g/mol. The molecule has 26 heavy (non-hydrogen) atoms. The lowest BCUT2D eigenvalue weighted by molar-refractivity contribution is -0.141. The number of carboxylic acid groups (broad SMARTS) is 1. The minimum Gasteiger partial charge on any atom is -0.480 e. The number of pyridine rings is 1. The number of nitrogens with one attached hydrogen (secondary N) is 1. The summed E-state index contributed by atoms with van der Waals surface area (Å²) in [6, 6.07) is 5.94. The predicted molar refractivity (Wildman–Crippen MR) is 93.0 cm³/mol. The van der Waals surface area contributed by atoms with E-state index in [1.807, 2.05) is 13.8 Å². The fourth-order valence-electron chi connectivity index (χ4n) is 2.41. The van der Waals surface area contributed by atoms with Crippen LogP contribution in [0, 0.1) is 11.7 Å². The van der Waals surface area contributed by atoms with Crippen molar-refractivity contribution in [1.29, 1.82) is 0 Å². The summed E-state index contributed by atoms with van der Waals surface area (Å²) in [5.41, 5.74) is 1.20. The number of benzene rings is 1. The van der Waals surface area contributed by atoms with E-state index in [1.165, 1.54) is 42.7 Å². The Bertz CT molecular complexity index is 819. The third-order valence-corrected chi connectivity index (χ3v) is 3.69. The Morgan fingerprint density at radius 3 is 2.35 bits per heavy atom. The molecule has 0 radical (unpaired) electrons. The molecule has 1 amide bonds. The van der Waals surface area contributed by atoms with Crippen molar-refractivity contribution in [2.24, 2.45) is 5.92 Å². The van der Waals surface area contributed by atoms with E-state index < -0.39 is 29.5 Å². The van der Waals surface area contributed by atoms with E-state index in [2.05, 4.69) is 10.3 Å². The summed E-state index contributed by atoms with van der Waals surface area (Å²) in [6.45, 7) is 3.64. The molecule has 136 valence electrons. The van der Waals surface area contributed by atoms with Crippen LogP contribution in [0.4, 0.5) is 4.39 Å². The average Bonchev–Trinajstić information content (AvgIpc) is 2.60. The first kappa shape index (κ1) is 19.2. The van der Waals surface area contributed by atoms with Gasteiger partial charge in [-0.15, -0.1) is 0 Å². The van der Waals surface area contributed by atoms with Crippen molar-refractivity contribution in [3.05, 3.63) is 54.1 Å². The van der Waals surface area contributed by atoms with Crippen LogP contribution < -0.4 is 5.32 Å². The van der Waals surface area contributed by atoms with Crippen molar-refractivity contribution in [2.75, 3.05) is 0 Å². The van der Waals surface area contributed by atoms with Crippen molar-refractivity contribution in [1.82, 2.24) is 10.3 Å². The quantitative estimate of drug-likeness (QED) is 0.586. The number of Topliss-reactive ketones (excluding diaryl/α,β-unsaturated/α-hetero) is 1. The van der Waals surface area contributed by atoms with Gasteiger partial charge in [0.15, 0.2) is 0 Å². The summed E-state index contributed by atoms with van der Waals surface area (Å²) in [6.07, 6.45) is 2.93. The predicted octanol–water partition coefficient (Wildman–Crippen LogP) is 2.69. The highest BCUT2D eigenvalue weighted by atomic mass is 19.1. The van der Waals surface area contributed by atoms with Crippen LogP contribution in [0.1, 0.15) is 30.6 Å². The Hall–Kier alpha value is -3.09. The van der Waals surface area contributed by atoms with Crippen LogP contribution in [0.2, 0.25) is 0 Å². The highest BCUT2D eigenvalue weighted by Gasteiger charge is 2.25. The molecule has 0 aliphatic rings. The molecule has 0 saturated heterocycles. The molecule has 0 unspecified atom stereocenters. The summed E-state index contributed by atoms with van der Waals surface area (Å²) in [5.74, 6) is -3.43. The molecular formula is C19H19FN2O4. The van der Waals surface area contributed by atoms with Gasteiger partial charge in [-0.05, 0) is 36.1 Å². The van der Waals surface area contributed by atoms with E-state index in [4.69, 9.17) is 5.11 Å². The molecule has 6 nitrogen and oxygen atoms in total. The summed E-state index contributed by atoms with van der Waals surface area (Å²) < 4.78 is 13.0. The van der Waals surface area contributed by atoms with Crippen molar-refractivity contribution in [3.8, 4) is 11.1 Å². The van der Waals surface area contributed by atoms with Crippen molar-refractivity contribution in [2.45, 2.75) is 26.3 Å². The Morgan fingerprint density at radius 2 is 1.77 bits per heavy atom. The van der Waals surface area contributed by atoms with Crippen LogP contribution in [0.15, 0.2) is 42.7 Å². The monoisotopic (exact) mass is 358 g/mol. The van der Waals surface area contributed by atoms with Gasteiger partial charge in [0.05, 0.1) is 0 Å². The number of carbonyl (C=O) groups is 3. The fourth-order valence-corrected chi connectivity index (χ4v) is 2.41. The second kappa shape index (κ2) is 8.33. The Morgan fingerprint density at radius 1 is 1.12 bits per heavy atom. The van der Waals surface area contributed by atoms with Crippen LogP contribution in [0.5, 0.6) is 0 Å². The third kappa shape index (κ3) is 4.95. The largest absolute Gasteiger partial charge is 0.480 e. The van der Waals surface area contributed by atoms with Crippen LogP contribution in [0.3, 0.4) is 0 Å². The minimum absolute atomic E-state index is 0.0259. The molecule has 1 atom stereocenters. The van der Waals surface area contributed by atoms with Gasteiger partial charge in [0.2, 0.25) is 0 Å². The number of ketones is 1. The number of amides is 1. The zero-order valence-electron chi connectivity index (χ0n) is 14.4. The number of nitrogens with zero attached hydrogens (tertiary/aromatic N) is 1. The van der Waals surface area contributed by atoms with Crippen LogP contribution in [0.25, 0.3) is 11.1 Å². The van der Waals surface area contributed by atoms with Gasteiger partial charge in [-0.3, -0.25) is 14.6 Å². The number of hydrogen-bond acceptors (Lipinski definition) is 4. The molecule has 1 heterocycles. The third-order valence-electron chi connectivity index (χ3n) is 3.69. The highest BCUT2D eigenvalue weighted by Crippen LogP contribution is 2.20. The van der Waals surface area contributed by atoms with Gasteiger partial charge in [-0.25, -0.2) is 9.18 Å². The number of rotatable bonds is 7. The van der Waals surface area contributed by atoms with Crippen molar-refractivity contribution < 1.29 is 23.9 Å². The molecule has 0 saturated carbocycles. The zero-order valence-corrected chi connectivity index (χ0v) is 14.4. The number of carboxylic acids is 1. The molecule has 1 aromatic carbocycles. The van der Waals surface area contributed by atoms with Gasteiger partial charge in [-0.1, -0.05) is 26.0 Å². The van der Waals surface area contributed by atoms with E-state index in [1.54, 1.807) is 0 Å². The maximum atomic E-state index is 13.0. The van der Waals surface area contributed by atoms with Crippen molar-refractivity contribution in [3.63, 3.8) is 0 Å². The summed E-state index contributed by atoms with van der Waals surface area (Å²) in [5, 5.41) is 11.4. The maximum Gasteiger partial charge on any atom is 0.326 e. The lowest BCUT2D eigenvalue weighted by Crippen LogP contribution is -2.44. The molecule has 2 rings (SSSR count). The van der Waals surface area contributed by atoms with E-state index in [0.717, 1.165) is 0 Å². The highest BCUT2D eigenvalue weighted by molar-refractivity contribution is 6.43. The van der Waals surface area contributed by atoms with Crippen LogP contribution in [-0.2, 0) is 9.59 Å². The van der Waals surface area contributed by atoms with Gasteiger partial charge in [0.1, 0.15) is 11.9 Å². The van der Waals surface area contributed by atoms with Crippen molar-refractivity contribution >= 4 is 17.7 Å². The first-order valence-corrected chi connectivity index (χ1v) is 8.07. The summed E-state index contributed by atoms with van der Waals surface area (Å²) >= 11 is 0. The minimum atomic E-state index is -1.20. The molecule has 0 fully saturated rings. The van der Waals surface area contributed by atoms with E-state index in [0.29, 0.717) is 11.1 Å². The molecule has 0 bridgehead atoms. The summed E-state index contributed by atoms with van der Waals surface area (Å²) in [7, 11) is 0. The average molecular weight is 358 g/mol. The topological polar surface area (TPSA) is 96.4 Å². The maximum absolute atomic E-state index is 13.0. The lowest BCUT2D eigenvalue weighted by Gasteiger charge is -2.16. The number of aromatic nitrogens is 1. The van der Waals surface area contributed by atoms with Crippen LogP contribution >= 0.6 is 0 Å². The molecule has 1 aromatic heterocycles. The van der Waals surface area contributed by atoms with E-state index in [9.17, 15) is 18.8 Å². The second-order valence-corrected chi connectivity index (χ2v) is 6.29. The number of aliphatic carboxylic acids is 1. The zero-order chi connectivity index (χ0) is 19.3. The van der Waals surface area contributed by atoms with E-state index >= 15 is 0 Å². The Balaban J connectivity index is 2.18. The number of hydrogen-bond donors (Lipinski definition) is 2. The Labute approximate surface area is 150 Å². The molecule has 2 aromatic rings. The normalized spacial score (nSPS) is 11.8. The van der Waals surface area contributed by atoms with Gasteiger partial charge in [0, 0.05) is 23.5 Å². The number of carbonyl (C=O) groups excluding carboxylic acids is 2.